The highest BCUT2D eigenvalue weighted by Gasteiger charge is 2.46. The fourth-order valence-corrected chi connectivity index (χ4v) is 3.02. The van der Waals surface area contributed by atoms with Crippen molar-refractivity contribution in [3.8, 4) is 0 Å². The van der Waals surface area contributed by atoms with Crippen LogP contribution in [0, 0.1) is 5.92 Å². The number of nitrogens with one attached hydrogen (secondary N) is 1. The van der Waals surface area contributed by atoms with Crippen molar-refractivity contribution in [2.24, 2.45) is 5.92 Å². The van der Waals surface area contributed by atoms with Crippen LogP contribution in [0.25, 0.3) is 0 Å². The Kier molecular flexibility index (Phi) is 3.34. The Morgan fingerprint density at radius 3 is 2.76 bits per heavy atom. The number of nitrogens with zero attached hydrogens (tertiary/aromatic N) is 1. The monoisotopic (exact) mass is 240 g/mol. The highest BCUT2D eigenvalue weighted by molar-refractivity contribution is 5.69. The zero-order valence-electron chi connectivity index (χ0n) is 11.3. The van der Waals surface area contributed by atoms with Gasteiger partial charge in [0.05, 0.1) is 6.04 Å². The van der Waals surface area contributed by atoms with Crippen LogP contribution in [0.3, 0.4) is 0 Å². The largest absolute Gasteiger partial charge is 0.444 e. The smallest absolute Gasteiger partial charge is 0.410 e. The molecule has 0 spiro atoms. The zero-order valence-corrected chi connectivity index (χ0v) is 11.3. The fourth-order valence-electron chi connectivity index (χ4n) is 3.02. The third-order valence-corrected chi connectivity index (χ3v) is 3.70. The van der Waals surface area contributed by atoms with E-state index in [0.717, 1.165) is 19.5 Å². The zero-order chi connectivity index (χ0) is 12.6. The lowest BCUT2D eigenvalue weighted by molar-refractivity contribution is 0.0206. The van der Waals surface area contributed by atoms with Gasteiger partial charge in [-0.05, 0) is 46.1 Å². The number of fused-ring (bicyclic) bond motifs is 1. The van der Waals surface area contributed by atoms with Gasteiger partial charge in [0.25, 0.3) is 0 Å². The van der Waals surface area contributed by atoms with Crippen LogP contribution in [0.15, 0.2) is 0 Å². The molecule has 0 aromatic carbocycles. The molecule has 0 aliphatic carbocycles. The van der Waals surface area contributed by atoms with Gasteiger partial charge in [-0.25, -0.2) is 4.79 Å². The van der Waals surface area contributed by atoms with Crippen LogP contribution in [0.1, 0.15) is 40.5 Å². The summed E-state index contributed by atoms with van der Waals surface area (Å²) >= 11 is 0. The average molecular weight is 240 g/mol. The third-order valence-electron chi connectivity index (χ3n) is 3.70. The highest BCUT2D eigenvalue weighted by Crippen LogP contribution is 2.32. The van der Waals surface area contributed by atoms with Crippen LogP contribution < -0.4 is 5.32 Å². The molecule has 2 aliphatic rings. The molecule has 4 heteroatoms. The number of hydrogen-bond donors (Lipinski definition) is 1. The molecule has 2 heterocycles. The molecule has 3 atom stereocenters. The van der Waals surface area contributed by atoms with Gasteiger partial charge in [-0.3, -0.25) is 0 Å². The summed E-state index contributed by atoms with van der Waals surface area (Å²) in [5, 5.41) is 3.52. The van der Waals surface area contributed by atoms with Crippen LogP contribution in [-0.2, 0) is 4.74 Å². The number of carbonyl (C=O) groups is 1. The predicted molar refractivity (Wildman–Crippen MR) is 66.9 cm³/mol. The standard InChI is InChI=1S/C13H24N2O2/c1-5-10-11-9(6-7-14-11)8-15(10)12(16)17-13(2,3)4/h9-11,14H,5-8H2,1-4H3. The molecule has 2 fully saturated rings. The van der Waals surface area contributed by atoms with E-state index >= 15 is 0 Å². The van der Waals surface area contributed by atoms with Crippen molar-refractivity contribution in [3.05, 3.63) is 0 Å². The molecule has 2 rings (SSSR count). The Balaban J connectivity index is 2.03. The van der Waals surface area contributed by atoms with E-state index in [1.165, 1.54) is 6.42 Å². The summed E-state index contributed by atoms with van der Waals surface area (Å²) in [6, 6.07) is 0.782. The summed E-state index contributed by atoms with van der Waals surface area (Å²) in [6.07, 6.45) is 2.02. The van der Waals surface area contributed by atoms with Crippen molar-refractivity contribution in [3.63, 3.8) is 0 Å². The van der Waals surface area contributed by atoms with E-state index in [4.69, 9.17) is 4.74 Å². The SMILES string of the molecule is CCC1C2NCCC2CN1C(=O)OC(C)(C)C. The molecule has 2 saturated heterocycles. The number of ether oxygens (including phenoxy) is 1. The molecule has 98 valence electrons. The Labute approximate surface area is 104 Å². The van der Waals surface area contributed by atoms with Gasteiger partial charge in [-0.15, -0.1) is 0 Å². The Bertz CT molecular complexity index is 298. The van der Waals surface area contributed by atoms with E-state index in [2.05, 4.69) is 12.2 Å². The molecule has 0 saturated carbocycles. The van der Waals surface area contributed by atoms with Gasteiger partial charge in [0, 0.05) is 12.6 Å². The van der Waals surface area contributed by atoms with Crippen LogP contribution in [-0.4, -0.2) is 41.8 Å². The molecule has 2 aliphatic heterocycles. The molecule has 1 amide bonds. The topological polar surface area (TPSA) is 41.6 Å². The quantitative estimate of drug-likeness (QED) is 0.762. The molecule has 0 aromatic rings. The van der Waals surface area contributed by atoms with E-state index in [9.17, 15) is 4.79 Å². The lowest BCUT2D eigenvalue weighted by Gasteiger charge is -2.30. The summed E-state index contributed by atoms with van der Waals surface area (Å²) in [6.45, 7) is 9.84. The van der Waals surface area contributed by atoms with Crippen LogP contribution >= 0.6 is 0 Å². The second-order valence-electron chi connectivity index (χ2n) is 6.14. The van der Waals surface area contributed by atoms with E-state index in [1.807, 2.05) is 25.7 Å². The van der Waals surface area contributed by atoms with Crippen molar-refractivity contribution in [1.82, 2.24) is 10.2 Å². The van der Waals surface area contributed by atoms with E-state index < -0.39 is 5.60 Å². The van der Waals surface area contributed by atoms with Crippen molar-refractivity contribution in [2.45, 2.75) is 58.2 Å². The van der Waals surface area contributed by atoms with E-state index in [0.29, 0.717) is 18.0 Å². The number of carbonyl (C=O) groups excluding carboxylic acids is 1. The fraction of sp³-hybridized carbons (Fsp3) is 0.923. The molecule has 0 bridgehead atoms. The number of amides is 1. The van der Waals surface area contributed by atoms with Crippen LogP contribution in [0.4, 0.5) is 4.79 Å². The summed E-state index contributed by atoms with van der Waals surface area (Å²) in [7, 11) is 0. The van der Waals surface area contributed by atoms with Crippen molar-refractivity contribution < 1.29 is 9.53 Å². The van der Waals surface area contributed by atoms with Gasteiger partial charge in [-0.2, -0.15) is 0 Å². The van der Waals surface area contributed by atoms with E-state index in [1.54, 1.807) is 0 Å². The second-order valence-corrected chi connectivity index (χ2v) is 6.14. The maximum Gasteiger partial charge on any atom is 0.410 e. The first kappa shape index (κ1) is 12.7. The summed E-state index contributed by atoms with van der Waals surface area (Å²) in [5.41, 5.74) is -0.402. The van der Waals surface area contributed by atoms with Gasteiger partial charge < -0.3 is 15.0 Å². The van der Waals surface area contributed by atoms with Gasteiger partial charge in [0.2, 0.25) is 0 Å². The minimum absolute atomic E-state index is 0.152. The molecule has 0 aromatic heterocycles. The molecule has 17 heavy (non-hydrogen) atoms. The number of hydrogen-bond acceptors (Lipinski definition) is 3. The molecular weight excluding hydrogens is 216 g/mol. The van der Waals surface area contributed by atoms with Gasteiger partial charge in [0.1, 0.15) is 5.60 Å². The maximum absolute atomic E-state index is 12.1. The van der Waals surface area contributed by atoms with E-state index in [-0.39, 0.29) is 6.09 Å². The minimum atomic E-state index is -0.402. The van der Waals surface area contributed by atoms with Crippen molar-refractivity contribution >= 4 is 6.09 Å². The Morgan fingerprint density at radius 2 is 2.18 bits per heavy atom. The summed E-state index contributed by atoms with van der Waals surface area (Å²) < 4.78 is 5.48. The Hall–Kier alpha value is -0.770. The summed E-state index contributed by atoms with van der Waals surface area (Å²) in [5.74, 6) is 0.618. The Morgan fingerprint density at radius 1 is 1.47 bits per heavy atom. The maximum atomic E-state index is 12.1. The summed E-state index contributed by atoms with van der Waals surface area (Å²) in [4.78, 5) is 14.1. The first-order valence-corrected chi connectivity index (χ1v) is 6.65. The number of rotatable bonds is 1. The molecule has 1 N–H and O–H groups in total. The third kappa shape index (κ3) is 2.57. The first-order chi connectivity index (χ1) is 7.92. The molecule has 3 unspecified atom stereocenters. The second kappa shape index (κ2) is 4.48. The highest BCUT2D eigenvalue weighted by atomic mass is 16.6. The first-order valence-electron chi connectivity index (χ1n) is 6.65. The van der Waals surface area contributed by atoms with Gasteiger partial charge >= 0.3 is 6.09 Å². The van der Waals surface area contributed by atoms with Crippen LogP contribution in [0.5, 0.6) is 0 Å². The van der Waals surface area contributed by atoms with Crippen molar-refractivity contribution in [2.75, 3.05) is 13.1 Å². The predicted octanol–water partition coefficient (Wildman–Crippen LogP) is 1.99. The van der Waals surface area contributed by atoms with Gasteiger partial charge in [-0.1, -0.05) is 6.92 Å². The van der Waals surface area contributed by atoms with Crippen molar-refractivity contribution in [1.29, 1.82) is 0 Å². The minimum Gasteiger partial charge on any atom is -0.444 e. The van der Waals surface area contributed by atoms with Gasteiger partial charge in [0.15, 0.2) is 0 Å². The average Bonchev–Trinajstić information content (AvgIpc) is 2.72. The normalized spacial score (nSPS) is 32.7. The lowest BCUT2D eigenvalue weighted by Crippen LogP contribution is -2.45. The molecule has 4 nitrogen and oxygen atoms in total. The molecule has 0 radical (unpaired) electrons. The number of likely N-dealkylation sites (tertiary alicyclic amines) is 1. The van der Waals surface area contributed by atoms with Crippen LogP contribution in [0.2, 0.25) is 0 Å². The molecular formula is C13H24N2O2. The lowest BCUT2D eigenvalue weighted by atomic mass is 9.99.